The predicted molar refractivity (Wildman–Crippen MR) is 53.1 cm³/mol. The molecule has 0 fully saturated rings. The van der Waals surface area contributed by atoms with Crippen molar-refractivity contribution in [3.05, 3.63) is 0 Å². The van der Waals surface area contributed by atoms with Gasteiger partial charge in [-0.3, -0.25) is 0 Å². The Morgan fingerprint density at radius 1 is 0.800 bits per heavy atom. The first-order valence-corrected chi connectivity index (χ1v) is 10.8. The average molecular weight is 176 g/mol. The number of hydrogen-bond acceptors (Lipinski definition) is 2. The molecule has 0 rings (SSSR count). The van der Waals surface area contributed by atoms with Crippen LogP contribution in [0.2, 0.25) is 26.2 Å². The summed E-state index contributed by atoms with van der Waals surface area (Å²) in [5.74, 6) is 0. The second kappa shape index (κ2) is 3.17. The van der Waals surface area contributed by atoms with Crippen LogP contribution in [0.1, 0.15) is 0 Å². The van der Waals surface area contributed by atoms with Gasteiger partial charge in [0.05, 0.1) is 7.59 Å². The Bertz CT molecular complexity index is 105. The van der Waals surface area contributed by atoms with Gasteiger partial charge >= 0.3 is 0 Å². The summed E-state index contributed by atoms with van der Waals surface area (Å²) in [5, 5.41) is 0. The van der Waals surface area contributed by atoms with E-state index in [0.29, 0.717) is 0 Å². The van der Waals surface area contributed by atoms with Crippen molar-refractivity contribution in [3.8, 4) is 0 Å². The SMILES string of the molecule is CN[Si](C)(NC)[Si](C)(C)C. The summed E-state index contributed by atoms with van der Waals surface area (Å²) in [6.45, 7) is 9.59. The zero-order valence-electron chi connectivity index (χ0n) is 8.00. The van der Waals surface area contributed by atoms with Gasteiger partial charge in [0.25, 0.3) is 0 Å². The lowest BCUT2D eigenvalue weighted by Crippen LogP contribution is -2.72. The van der Waals surface area contributed by atoms with E-state index in [1.54, 1.807) is 0 Å². The smallest absolute Gasteiger partial charge is 0.182 e. The second-order valence-electron chi connectivity index (χ2n) is 3.88. The van der Waals surface area contributed by atoms with Crippen LogP contribution in [0.5, 0.6) is 0 Å². The predicted octanol–water partition coefficient (Wildman–Crippen LogP) is 0.914. The fourth-order valence-corrected chi connectivity index (χ4v) is 7.12. The van der Waals surface area contributed by atoms with Crippen LogP contribution < -0.4 is 9.96 Å². The largest absolute Gasteiger partial charge is 0.331 e. The fraction of sp³-hybridized carbons (Fsp3) is 1.00. The molecule has 0 bridgehead atoms. The summed E-state index contributed by atoms with van der Waals surface area (Å²) < 4.78 is 0. The third-order valence-electron chi connectivity index (χ3n) is 2.50. The first-order valence-electron chi connectivity index (χ1n) is 3.75. The maximum absolute atomic E-state index is 3.46. The van der Waals surface area contributed by atoms with E-state index in [2.05, 4.69) is 50.2 Å². The first-order chi connectivity index (χ1) is 4.37. The van der Waals surface area contributed by atoms with Crippen molar-refractivity contribution in [2.75, 3.05) is 14.1 Å². The monoisotopic (exact) mass is 176 g/mol. The number of nitrogens with one attached hydrogen (secondary N) is 2. The Morgan fingerprint density at radius 2 is 1.10 bits per heavy atom. The molecule has 10 heavy (non-hydrogen) atoms. The molecule has 4 heteroatoms. The van der Waals surface area contributed by atoms with Crippen molar-refractivity contribution < 1.29 is 0 Å². The molecule has 0 saturated carbocycles. The van der Waals surface area contributed by atoms with Crippen LogP contribution in [0.25, 0.3) is 0 Å². The van der Waals surface area contributed by atoms with Gasteiger partial charge < -0.3 is 9.96 Å². The van der Waals surface area contributed by atoms with E-state index in [1.807, 2.05) is 0 Å². The van der Waals surface area contributed by atoms with Gasteiger partial charge in [0, 0.05) is 0 Å². The highest BCUT2D eigenvalue weighted by Gasteiger charge is 2.39. The molecule has 0 atom stereocenters. The van der Waals surface area contributed by atoms with Gasteiger partial charge in [-0.2, -0.15) is 0 Å². The van der Waals surface area contributed by atoms with Gasteiger partial charge in [-0.1, -0.05) is 19.6 Å². The van der Waals surface area contributed by atoms with E-state index in [9.17, 15) is 0 Å². The van der Waals surface area contributed by atoms with Gasteiger partial charge in [0.1, 0.15) is 0 Å². The highest BCUT2D eigenvalue weighted by atomic mass is 29.3. The number of rotatable bonds is 3. The van der Waals surface area contributed by atoms with Crippen LogP contribution in [0.4, 0.5) is 0 Å². The first kappa shape index (κ1) is 10.4. The van der Waals surface area contributed by atoms with E-state index in [4.69, 9.17) is 0 Å². The third-order valence-corrected chi connectivity index (χ3v) is 18.0. The van der Waals surface area contributed by atoms with E-state index < -0.39 is 15.5 Å². The van der Waals surface area contributed by atoms with Gasteiger partial charge in [-0.05, 0) is 20.6 Å². The minimum Gasteiger partial charge on any atom is -0.331 e. The van der Waals surface area contributed by atoms with Gasteiger partial charge in [0.15, 0.2) is 7.91 Å². The van der Waals surface area contributed by atoms with Crippen molar-refractivity contribution in [2.45, 2.75) is 26.2 Å². The third kappa shape index (κ3) is 1.92. The lowest BCUT2D eigenvalue weighted by atomic mass is 11.6. The van der Waals surface area contributed by atoms with E-state index in [0.717, 1.165) is 0 Å². The van der Waals surface area contributed by atoms with Crippen LogP contribution in [-0.2, 0) is 0 Å². The molecule has 2 N–H and O–H groups in total. The molecule has 0 aliphatic heterocycles. The molecule has 0 aromatic heterocycles. The highest BCUT2D eigenvalue weighted by molar-refractivity contribution is 7.38. The van der Waals surface area contributed by atoms with E-state index >= 15 is 0 Å². The lowest BCUT2D eigenvalue weighted by molar-refractivity contribution is 1.05. The maximum Gasteiger partial charge on any atom is 0.182 e. The summed E-state index contributed by atoms with van der Waals surface area (Å²) in [6, 6.07) is 0. The molecular weight excluding hydrogens is 156 g/mol. The normalized spacial score (nSPS) is 13.8. The van der Waals surface area contributed by atoms with Crippen LogP contribution in [0.15, 0.2) is 0 Å². The molecule has 0 aliphatic rings. The zero-order chi connectivity index (χ0) is 8.41. The zero-order valence-corrected chi connectivity index (χ0v) is 10.0. The molecule has 0 spiro atoms. The fourth-order valence-electron chi connectivity index (χ4n) is 0.875. The van der Waals surface area contributed by atoms with Crippen molar-refractivity contribution in [3.63, 3.8) is 0 Å². The van der Waals surface area contributed by atoms with Gasteiger partial charge in [-0.25, -0.2) is 0 Å². The molecule has 0 radical (unpaired) electrons. The molecule has 0 aromatic rings. The molecule has 0 saturated heterocycles. The molecular formula is C6H20N2Si2. The standard InChI is InChI=1S/C6H20N2Si2/c1-7-10(6,8-2)9(3,4)5/h7-8H,1-6H3. The summed E-state index contributed by atoms with van der Waals surface area (Å²) in [7, 11) is 1.89. The Morgan fingerprint density at radius 3 is 1.10 bits per heavy atom. The minimum absolute atomic E-state index is 0.994. The Hall–Kier alpha value is 0.354. The van der Waals surface area contributed by atoms with Crippen molar-refractivity contribution >= 4 is 15.5 Å². The maximum atomic E-state index is 3.46. The van der Waals surface area contributed by atoms with Crippen molar-refractivity contribution in [1.82, 2.24) is 9.96 Å². The molecule has 0 unspecified atom stereocenters. The Kier molecular flexibility index (Phi) is 3.28. The Balaban J connectivity index is 4.33. The topological polar surface area (TPSA) is 24.1 Å². The molecule has 0 aliphatic carbocycles. The lowest BCUT2D eigenvalue weighted by Gasteiger charge is -2.37. The molecule has 0 heterocycles. The molecule has 0 aromatic carbocycles. The minimum atomic E-state index is -1.26. The molecule has 2 nitrogen and oxygen atoms in total. The van der Waals surface area contributed by atoms with Gasteiger partial charge in [-0.15, -0.1) is 0 Å². The van der Waals surface area contributed by atoms with Crippen LogP contribution >= 0.6 is 0 Å². The van der Waals surface area contributed by atoms with E-state index in [-0.39, 0.29) is 0 Å². The quantitative estimate of drug-likeness (QED) is 0.625. The van der Waals surface area contributed by atoms with Crippen LogP contribution in [0.3, 0.4) is 0 Å². The van der Waals surface area contributed by atoms with Gasteiger partial charge in [0.2, 0.25) is 0 Å². The Labute approximate surface area is 66.4 Å². The van der Waals surface area contributed by atoms with E-state index in [1.165, 1.54) is 0 Å². The highest BCUT2D eigenvalue weighted by Crippen LogP contribution is 2.11. The molecule has 62 valence electrons. The summed E-state index contributed by atoms with van der Waals surface area (Å²) in [6.07, 6.45) is 0. The summed E-state index contributed by atoms with van der Waals surface area (Å²) >= 11 is 0. The van der Waals surface area contributed by atoms with Crippen LogP contribution in [-0.4, -0.2) is 29.6 Å². The average Bonchev–Trinajstić information content (AvgIpc) is 1.84. The molecule has 0 amide bonds. The summed E-state index contributed by atoms with van der Waals surface area (Å²) in [4.78, 5) is 6.92. The summed E-state index contributed by atoms with van der Waals surface area (Å²) in [5.41, 5.74) is 0. The number of hydrogen-bond donors (Lipinski definition) is 2. The second-order valence-corrected chi connectivity index (χ2v) is 19.1. The van der Waals surface area contributed by atoms with Crippen LogP contribution in [0, 0.1) is 0 Å². The van der Waals surface area contributed by atoms with Crippen molar-refractivity contribution in [1.29, 1.82) is 0 Å². The van der Waals surface area contributed by atoms with Crippen molar-refractivity contribution in [2.24, 2.45) is 0 Å².